The fraction of sp³-hybridized carbons (Fsp3) is 0.250. The van der Waals surface area contributed by atoms with Crippen LogP contribution in [0.3, 0.4) is 0 Å². The normalized spacial score (nSPS) is 10.2. The molecule has 0 unspecified atom stereocenters. The van der Waals surface area contributed by atoms with Gasteiger partial charge in [-0.05, 0) is 43.5 Å². The van der Waals surface area contributed by atoms with Crippen LogP contribution in [0.4, 0.5) is 0 Å². The lowest BCUT2D eigenvalue weighted by Crippen LogP contribution is -2.26. The molecule has 2 aromatic rings. The molecular formula is C16H18N2O. The number of carbonyl (C=O) groups excluding carboxylic acids is 1. The van der Waals surface area contributed by atoms with E-state index in [1.165, 1.54) is 16.7 Å². The van der Waals surface area contributed by atoms with Gasteiger partial charge in [-0.3, -0.25) is 9.78 Å². The van der Waals surface area contributed by atoms with E-state index < -0.39 is 0 Å². The van der Waals surface area contributed by atoms with Gasteiger partial charge >= 0.3 is 0 Å². The number of aryl methyl sites for hydroxylation is 2. The van der Waals surface area contributed by atoms with Crippen molar-refractivity contribution in [3.63, 3.8) is 0 Å². The second-order valence-electron chi connectivity index (χ2n) is 4.65. The molecule has 1 N–H and O–H groups in total. The maximum Gasteiger partial charge on any atom is 0.269 e. The first-order chi connectivity index (χ1) is 9.16. The molecule has 1 aromatic carbocycles. The lowest BCUT2D eigenvalue weighted by molar-refractivity contribution is 0.0949. The quantitative estimate of drug-likeness (QED) is 0.911. The molecule has 0 aliphatic carbocycles. The van der Waals surface area contributed by atoms with Crippen LogP contribution in [-0.4, -0.2) is 17.4 Å². The van der Waals surface area contributed by atoms with Gasteiger partial charge in [0.25, 0.3) is 5.91 Å². The topological polar surface area (TPSA) is 42.0 Å². The molecule has 3 nitrogen and oxygen atoms in total. The Balaban J connectivity index is 1.88. The number of nitrogens with zero attached hydrogens (tertiary/aromatic N) is 1. The third-order valence-electron chi connectivity index (χ3n) is 3.08. The molecule has 0 radical (unpaired) electrons. The minimum absolute atomic E-state index is 0.120. The highest BCUT2D eigenvalue weighted by molar-refractivity contribution is 5.92. The number of nitrogens with one attached hydrogen (secondary N) is 1. The molecule has 3 heteroatoms. The summed E-state index contributed by atoms with van der Waals surface area (Å²) in [5.74, 6) is -0.120. The molecule has 0 bridgehead atoms. The number of hydrogen-bond acceptors (Lipinski definition) is 2. The largest absolute Gasteiger partial charge is 0.350 e. The summed E-state index contributed by atoms with van der Waals surface area (Å²) in [5.41, 5.74) is 4.26. The Hall–Kier alpha value is -2.16. The molecule has 0 saturated carbocycles. The summed E-state index contributed by atoms with van der Waals surface area (Å²) in [6, 6.07) is 11.7. The van der Waals surface area contributed by atoms with Gasteiger partial charge in [0.2, 0.25) is 0 Å². The minimum atomic E-state index is -0.120. The van der Waals surface area contributed by atoms with E-state index in [0.717, 1.165) is 6.42 Å². The number of aromatic nitrogens is 1. The second-order valence-corrected chi connectivity index (χ2v) is 4.65. The predicted octanol–water partition coefficient (Wildman–Crippen LogP) is 2.67. The molecule has 0 aliphatic heterocycles. The molecule has 0 aliphatic rings. The van der Waals surface area contributed by atoms with Gasteiger partial charge < -0.3 is 5.32 Å². The fourth-order valence-electron chi connectivity index (χ4n) is 2.02. The summed E-state index contributed by atoms with van der Waals surface area (Å²) in [6.45, 7) is 4.81. The highest BCUT2D eigenvalue weighted by atomic mass is 16.1. The van der Waals surface area contributed by atoms with E-state index in [1.807, 2.05) is 6.07 Å². The molecule has 0 saturated heterocycles. The van der Waals surface area contributed by atoms with Crippen molar-refractivity contribution in [1.82, 2.24) is 10.3 Å². The van der Waals surface area contributed by atoms with Crippen LogP contribution in [0.2, 0.25) is 0 Å². The highest BCUT2D eigenvalue weighted by Gasteiger charge is 2.05. The lowest BCUT2D eigenvalue weighted by Gasteiger charge is -2.08. The molecule has 2 rings (SSSR count). The number of hydrogen-bond donors (Lipinski definition) is 1. The molecule has 19 heavy (non-hydrogen) atoms. The van der Waals surface area contributed by atoms with Crippen molar-refractivity contribution in [1.29, 1.82) is 0 Å². The summed E-state index contributed by atoms with van der Waals surface area (Å²) in [4.78, 5) is 15.8. The molecule has 98 valence electrons. The van der Waals surface area contributed by atoms with Crippen molar-refractivity contribution in [2.45, 2.75) is 20.3 Å². The average molecular weight is 254 g/mol. The van der Waals surface area contributed by atoms with Crippen LogP contribution >= 0.6 is 0 Å². The molecular weight excluding hydrogens is 236 g/mol. The van der Waals surface area contributed by atoms with Gasteiger partial charge in [-0.15, -0.1) is 0 Å². The third-order valence-corrected chi connectivity index (χ3v) is 3.08. The second kappa shape index (κ2) is 6.14. The predicted molar refractivity (Wildman–Crippen MR) is 76.2 cm³/mol. The van der Waals surface area contributed by atoms with Crippen LogP contribution in [0.5, 0.6) is 0 Å². The van der Waals surface area contributed by atoms with Gasteiger partial charge in [0, 0.05) is 12.7 Å². The monoisotopic (exact) mass is 254 g/mol. The van der Waals surface area contributed by atoms with Crippen molar-refractivity contribution >= 4 is 5.91 Å². The first kappa shape index (κ1) is 13.3. The Labute approximate surface area is 113 Å². The van der Waals surface area contributed by atoms with E-state index in [-0.39, 0.29) is 5.91 Å². The van der Waals surface area contributed by atoms with Crippen molar-refractivity contribution in [3.8, 4) is 0 Å². The zero-order valence-electron chi connectivity index (χ0n) is 11.3. The number of amides is 1. The standard InChI is InChI=1S/C16H18N2O/c1-12-6-7-14(13(2)11-12)8-10-18-16(19)15-5-3-4-9-17-15/h3-7,9,11H,8,10H2,1-2H3,(H,18,19). The lowest BCUT2D eigenvalue weighted by atomic mass is 10.0. The number of pyridine rings is 1. The molecule has 0 spiro atoms. The molecule has 1 aromatic heterocycles. The van der Waals surface area contributed by atoms with E-state index in [1.54, 1.807) is 18.3 Å². The van der Waals surface area contributed by atoms with Gasteiger partial charge in [0.1, 0.15) is 5.69 Å². The van der Waals surface area contributed by atoms with Crippen molar-refractivity contribution in [3.05, 3.63) is 65.0 Å². The smallest absolute Gasteiger partial charge is 0.269 e. The summed E-state index contributed by atoms with van der Waals surface area (Å²) in [5, 5.41) is 2.89. The summed E-state index contributed by atoms with van der Waals surface area (Å²) in [6.07, 6.45) is 2.46. The van der Waals surface area contributed by atoms with E-state index >= 15 is 0 Å². The summed E-state index contributed by atoms with van der Waals surface area (Å²) < 4.78 is 0. The van der Waals surface area contributed by atoms with E-state index in [4.69, 9.17) is 0 Å². The maximum atomic E-state index is 11.8. The van der Waals surface area contributed by atoms with Crippen LogP contribution in [0, 0.1) is 13.8 Å². The number of rotatable bonds is 4. The Morgan fingerprint density at radius 3 is 2.74 bits per heavy atom. The molecule has 1 heterocycles. The van der Waals surface area contributed by atoms with Gasteiger partial charge in [0.05, 0.1) is 0 Å². The van der Waals surface area contributed by atoms with Crippen LogP contribution in [0.15, 0.2) is 42.6 Å². The Morgan fingerprint density at radius 1 is 1.21 bits per heavy atom. The van der Waals surface area contributed by atoms with Crippen LogP contribution in [0.25, 0.3) is 0 Å². The fourth-order valence-corrected chi connectivity index (χ4v) is 2.02. The number of carbonyl (C=O) groups is 1. The Bertz CT molecular complexity index is 564. The third kappa shape index (κ3) is 3.65. The maximum absolute atomic E-state index is 11.8. The van der Waals surface area contributed by atoms with Gasteiger partial charge in [0.15, 0.2) is 0 Å². The van der Waals surface area contributed by atoms with Gasteiger partial charge in [-0.1, -0.05) is 29.8 Å². The zero-order chi connectivity index (χ0) is 13.7. The van der Waals surface area contributed by atoms with Crippen molar-refractivity contribution in [2.24, 2.45) is 0 Å². The Morgan fingerprint density at radius 2 is 2.05 bits per heavy atom. The van der Waals surface area contributed by atoms with Gasteiger partial charge in [-0.25, -0.2) is 0 Å². The first-order valence-corrected chi connectivity index (χ1v) is 6.42. The first-order valence-electron chi connectivity index (χ1n) is 6.42. The van der Waals surface area contributed by atoms with E-state index in [0.29, 0.717) is 12.2 Å². The van der Waals surface area contributed by atoms with E-state index in [2.05, 4.69) is 42.3 Å². The van der Waals surface area contributed by atoms with Gasteiger partial charge in [-0.2, -0.15) is 0 Å². The van der Waals surface area contributed by atoms with Crippen LogP contribution in [-0.2, 0) is 6.42 Å². The SMILES string of the molecule is Cc1ccc(CCNC(=O)c2ccccn2)c(C)c1. The van der Waals surface area contributed by atoms with Crippen molar-refractivity contribution < 1.29 is 4.79 Å². The number of benzene rings is 1. The van der Waals surface area contributed by atoms with Crippen molar-refractivity contribution in [2.75, 3.05) is 6.54 Å². The molecule has 1 amide bonds. The summed E-state index contributed by atoms with van der Waals surface area (Å²) >= 11 is 0. The minimum Gasteiger partial charge on any atom is -0.350 e. The highest BCUT2D eigenvalue weighted by Crippen LogP contribution is 2.10. The van der Waals surface area contributed by atoms with E-state index in [9.17, 15) is 4.79 Å². The molecule has 0 fully saturated rings. The average Bonchev–Trinajstić information content (AvgIpc) is 2.42. The van der Waals surface area contributed by atoms with Crippen LogP contribution < -0.4 is 5.32 Å². The summed E-state index contributed by atoms with van der Waals surface area (Å²) in [7, 11) is 0. The zero-order valence-corrected chi connectivity index (χ0v) is 11.3. The molecule has 0 atom stereocenters. The Kier molecular flexibility index (Phi) is 4.29. The van der Waals surface area contributed by atoms with Crippen LogP contribution in [0.1, 0.15) is 27.2 Å².